The molecule has 0 fully saturated rings. The highest BCUT2D eigenvalue weighted by Crippen LogP contribution is 2.27. The first-order valence-electron chi connectivity index (χ1n) is 9.37. The number of benzene rings is 2. The Labute approximate surface area is 183 Å². The highest BCUT2D eigenvalue weighted by Gasteiger charge is 2.21. The molecule has 0 aliphatic rings. The molecule has 0 atom stereocenters. The van der Waals surface area contributed by atoms with Gasteiger partial charge in [-0.2, -0.15) is 5.10 Å². The summed E-state index contributed by atoms with van der Waals surface area (Å²) in [5.41, 5.74) is 8.14. The van der Waals surface area contributed by atoms with E-state index in [1.165, 1.54) is 24.0 Å². The van der Waals surface area contributed by atoms with Crippen molar-refractivity contribution < 1.29 is 13.6 Å². The van der Waals surface area contributed by atoms with Crippen molar-refractivity contribution in [3.63, 3.8) is 0 Å². The zero-order valence-electron chi connectivity index (χ0n) is 17.5. The molecule has 3 aromatic rings. The number of anilines is 3. The van der Waals surface area contributed by atoms with E-state index >= 15 is 0 Å². The maximum absolute atomic E-state index is 14.3. The molecule has 0 aliphatic carbocycles. The number of amides is 1. The molecule has 2 aromatic carbocycles. The quantitative estimate of drug-likeness (QED) is 0.275. The van der Waals surface area contributed by atoms with Crippen molar-refractivity contribution in [3.05, 3.63) is 71.9 Å². The largest absolute Gasteiger partial charge is 0.383 e. The van der Waals surface area contributed by atoms with Crippen LogP contribution in [-0.2, 0) is 4.79 Å². The summed E-state index contributed by atoms with van der Waals surface area (Å²) in [5.74, 6) is 3.71. The Morgan fingerprint density at radius 1 is 1.12 bits per heavy atom. The van der Waals surface area contributed by atoms with Gasteiger partial charge in [0, 0.05) is 38.1 Å². The van der Waals surface area contributed by atoms with Gasteiger partial charge in [-0.25, -0.2) is 19.6 Å². The van der Waals surface area contributed by atoms with Crippen molar-refractivity contribution in [2.45, 2.75) is 6.92 Å². The highest BCUT2D eigenvalue weighted by atomic mass is 19.2. The van der Waals surface area contributed by atoms with Crippen molar-refractivity contribution in [2.24, 2.45) is 16.0 Å². The Morgan fingerprint density at radius 3 is 2.44 bits per heavy atom. The number of aromatic nitrogens is 1. The Hall–Kier alpha value is -4.18. The number of pyridine rings is 1. The molecule has 10 heteroatoms. The third-order valence-electron chi connectivity index (χ3n) is 4.80. The van der Waals surface area contributed by atoms with Gasteiger partial charge in [-0.05, 0) is 35.9 Å². The molecule has 1 aromatic heterocycles. The van der Waals surface area contributed by atoms with Crippen LogP contribution in [-0.4, -0.2) is 30.5 Å². The normalized spacial score (nSPS) is 11.2. The first-order chi connectivity index (χ1) is 15.2. The van der Waals surface area contributed by atoms with Crippen molar-refractivity contribution in [3.8, 4) is 11.1 Å². The maximum Gasteiger partial charge on any atom is 0.223 e. The molecule has 0 spiro atoms. The van der Waals surface area contributed by atoms with E-state index < -0.39 is 11.6 Å². The number of carbonyl (C=O) groups is 1. The molecule has 0 saturated carbocycles. The zero-order valence-corrected chi connectivity index (χ0v) is 17.5. The van der Waals surface area contributed by atoms with Gasteiger partial charge in [0.15, 0.2) is 17.5 Å². The summed E-state index contributed by atoms with van der Waals surface area (Å²) >= 11 is 0. The first-order valence-corrected chi connectivity index (χ1v) is 9.37. The van der Waals surface area contributed by atoms with Crippen LogP contribution in [0.3, 0.4) is 0 Å². The third-order valence-corrected chi connectivity index (χ3v) is 4.80. The predicted molar refractivity (Wildman–Crippen MR) is 122 cm³/mol. The maximum atomic E-state index is 14.3. The van der Waals surface area contributed by atoms with Crippen LogP contribution in [0, 0.1) is 11.6 Å². The molecule has 3 rings (SSSR count). The number of nitrogens with zero attached hydrogens (tertiary/aromatic N) is 5. The molecular weight excluding hydrogens is 416 g/mol. The number of hydrogen-bond donors (Lipinski definition) is 2. The second kappa shape index (κ2) is 9.31. The Morgan fingerprint density at radius 2 is 1.81 bits per heavy atom. The average molecular weight is 437 g/mol. The molecule has 1 heterocycles. The van der Waals surface area contributed by atoms with Crippen LogP contribution >= 0.6 is 0 Å². The average Bonchev–Trinajstić information content (AvgIpc) is 2.79. The molecule has 164 valence electrons. The van der Waals surface area contributed by atoms with E-state index in [0.717, 1.165) is 22.3 Å². The van der Waals surface area contributed by atoms with Crippen LogP contribution in [0.25, 0.3) is 11.1 Å². The number of nitrogen functional groups attached to an aromatic ring is 1. The fourth-order valence-electron chi connectivity index (χ4n) is 2.96. The van der Waals surface area contributed by atoms with Crippen LogP contribution in [0.1, 0.15) is 12.5 Å². The van der Waals surface area contributed by atoms with Gasteiger partial charge >= 0.3 is 0 Å². The zero-order chi connectivity index (χ0) is 23.4. The summed E-state index contributed by atoms with van der Waals surface area (Å²) in [6.07, 6.45) is 1.55. The van der Waals surface area contributed by atoms with Gasteiger partial charge in [0.2, 0.25) is 5.91 Å². The molecule has 0 radical (unpaired) electrons. The van der Waals surface area contributed by atoms with Crippen LogP contribution in [0.15, 0.2) is 64.9 Å². The lowest BCUT2D eigenvalue weighted by atomic mass is 10.0. The molecule has 4 N–H and O–H groups in total. The van der Waals surface area contributed by atoms with Crippen molar-refractivity contribution in [2.75, 3.05) is 22.7 Å². The lowest BCUT2D eigenvalue weighted by Crippen LogP contribution is -2.39. The highest BCUT2D eigenvalue weighted by molar-refractivity contribution is 6.12. The summed E-state index contributed by atoms with van der Waals surface area (Å²) in [4.78, 5) is 17.2. The van der Waals surface area contributed by atoms with Crippen molar-refractivity contribution in [1.29, 1.82) is 0 Å². The van der Waals surface area contributed by atoms with E-state index in [-0.39, 0.29) is 28.8 Å². The molecule has 8 nitrogen and oxygen atoms in total. The molecule has 32 heavy (non-hydrogen) atoms. The van der Waals surface area contributed by atoms with Gasteiger partial charge < -0.3 is 10.6 Å². The topological polar surface area (TPSA) is 113 Å². The van der Waals surface area contributed by atoms with E-state index in [9.17, 15) is 13.6 Å². The summed E-state index contributed by atoms with van der Waals surface area (Å²) < 4.78 is 28.0. The van der Waals surface area contributed by atoms with Crippen LogP contribution in [0.4, 0.5) is 26.0 Å². The van der Waals surface area contributed by atoms with Crippen molar-refractivity contribution >= 4 is 35.7 Å². The van der Waals surface area contributed by atoms with E-state index in [1.54, 1.807) is 43.6 Å². The van der Waals surface area contributed by atoms with Gasteiger partial charge in [0.05, 0.1) is 11.3 Å². The summed E-state index contributed by atoms with van der Waals surface area (Å²) in [7, 11) is 1.67. The number of amidine groups is 1. The molecular formula is C22H21F2N7O. The van der Waals surface area contributed by atoms with Crippen LogP contribution < -0.4 is 21.5 Å². The minimum Gasteiger partial charge on any atom is -0.383 e. The summed E-state index contributed by atoms with van der Waals surface area (Å²) in [5, 5.41) is 8.18. The summed E-state index contributed by atoms with van der Waals surface area (Å²) in [6.45, 7) is 4.78. The number of nitrogens with two attached hydrogens (primary N) is 2. The van der Waals surface area contributed by atoms with E-state index in [4.69, 9.17) is 11.6 Å². The second-order valence-electron chi connectivity index (χ2n) is 6.79. The molecule has 0 unspecified atom stereocenters. The van der Waals surface area contributed by atoms with Gasteiger partial charge in [0.1, 0.15) is 5.82 Å². The smallest absolute Gasteiger partial charge is 0.223 e. The Kier molecular flexibility index (Phi) is 6.55. The fraction of sp³-hybridized carbons (Fsp3) is 0.0909. The van der Waals surface area contributed by atoms with Gasteiger partial charge in [-0.1, -0.05) is 18.2 Å². The molecule has 0 saturated heterocycles. The minimum atomic E-state index is -1.15. The lowest BCUT2D eigenvalue weighted by molar-refractivity contribution is -0.116. The van der Waals surface area contributed by atoms with E-state index in [2.05, 4.69) is 21.9 Å². The minimum absolute atomic E-state index is 0.0522. The second-order valence-corrected chi connectivity index (χ2v) is 6.79. The van der Waals surface area contributed by atoms with Crippen LogP contribution in [0.5, 0.6) is 0 Å². The van der Waals surface area contributed by atoms with Gasteiger partial charge in [0.25, 0.3) is 0 Å². The number of hydrazine groups is 1. The number of rotatable bonds is 5. The van der Waals surface area contributed by atoms with E-state index in [1.807, 2.05) is 0 Å². The van der Waals surface area contributed by atoms with Gasteiger partial charge in [-0.15, -0.1) is 5.10 Å². The van der Waals surface area contributed by atoms with Crippen LogP contribution in [0.2, 0.25) is 0 Å². The molecule has 1 amide bonds. The van der Waals surface area contributed by atoms with E-state index in [0.29, 0.717) is 5.56 Å². The van der Waals surface area contributed by atoms with Gasteiger partial charge in [-0.3, -0.25) is 9.80 Å². The molecule has 0 bridgehead atoms. The predicted octanol–water partition coefficient (Wildman–Crippen LogP) is 3.33. The number of halogens is 2. The number of hydrogen-bond acceptors (Lipinski definition) is 6. The standard InChI is InChI=1S/C22H21F2N7O/c1-13(32)30(3)16-9-7-14(8-10-16)15-11-17(21(25)28-12-15)22(29-27-2)31(26)19-6-4-5-18(23)20(19)24/h4-12H,2,26H2,1,3H3,(H2,25,28)/b29-22-. The first kappa shape index (κ1) is 22.5. The van der Waals surface area contributed by atoms with Crippen molar-refractivity contribution in [1.82, 2.24) is 4.98 Å². The third kappa shape index (κ3) is 4.44. The Bertz CT molecular complexity index is 1200. The molecule has 0 aliphatic heterocycles. The monoisotopic (exact) mass is 437 g/mol. The summed E-state index contributed by atoms with van der Waals surface area (Å²) in [6, 6.07) is 12.4. The fourth-order valence-corrected chi connectivity index (χ4v) is 2.96. The Balaban J connectivity index is 2.04. The SMILES string of the molecule is C=N/N=C(/c1cc(-c2ccc(N(C)C(C)=O)cc2)cnc1N)N(N)c1cccc(F)c1F. The number of carbonyl (C=O) groups excluding carboxylic acids is 1. The lowest BCUT2D eigenvalue weighted by Gasteiger charge is -2.22.